The van der Waals surface area contributed by atoms with Gasteiger partial charge in [-0.3, -0.25) is 9.69 Å². The SMILES string of the molecule is C=C[C@@H]1OCCC[C@H]1NC(=O)NC1CC(N(CC)CC(=O)O)C1. The summed E-state index contributed by atoms with van der Waals surface area (Å²) >= 11 is 0. The third kappa shape index (κ3) is 4.94. The number of aliphatic carboxylic acids is 1. The Labute approximate surface area is 137 Å². The summed E-state index contributed by atoms with van der Waals surface area (Å²) in [5.41, 5.74) is 0. The van der Waals surface area contributed by atoms with Crippen molar-refractivity contribution in [3.05, 3.63) is 12.7 Å². The molecular weight excluding hydrogens is 298 g/mol. The van der Waals surface area contributed by atoms with E-state index in [2.05, 4.69) is 17.2 Å². The first-order chi connectivity index (χ1) is 11.0. The number of amides is 2. The van der Waals surface area contributed by atoms with Crippen molar-refractivity contribution in [2.45, 2.75) is 56.8 Å². The van der Waals surface area contributed by atoms with Crippen LogP contribution in [0.2, 0.25) is 0 Å². The summed E-state index contributed by atoms with van der Waals surface area (Å²) in [4.78, 5) is 24.8. The van der Waals surface area contributed by atoms with Crippen molar-refractivity contribution in [1.82, 2.24) is 15.5 Å². The van der Waals surface area contributed by atoms with Gasteiger partial charge in [-0.05, 0) is 32.2 Å². The molecule has 1 aliphatic carbocycles. The Balaban J connectivity index is 1.71. The van der Waals surface area contributed by atoms with Crippen LogP contribution in [-0.2, 0) is 9.53 Å². The maximum atomic E-state index is 12.1. The van der Waals surface area contributed by atoms with Gasteiger partial charge in [-0.25, -0.2) is 4.79 Å². The zero-order valence-electron chi connectivity index (χ0n) is 13.7. The molecule has 2 aliphatic rings. The molecule has 7 nitrogen and oxygen atoms in total. The van der Waals surface area contributed by atoms with Crippen LogP contribution in [0.4, 0.5) is 4.79 Å². The van der Waals surface area contributed by atoms with E-state index < -0.39 is 5.97 Å². The van der Waals surface area contributed by atoms with Crippen molar-refractivity contribution in [3.63, 3.8) is 0 Å². The molecule has 1 aliphatic heterocycles. The van der Waals surface area contributed by atoms with E-state index in [1.165, 1.54) is 0 Å². The lowest BCUT2D eigenvalue weighted by molar-refractivity contribution is -0.139. The van der Waals surface area contributed by atoms with Crippen LogP contribution in [0.25, 0.3) is 0 Å². The highest BCUT2D eigenvalue weighted by Gasteiger charge is 2.35. The van der Waals surface area contributed by atoms with Gasteiger partial charge in [-0.2, -0.15) is 0 Å². The number of carboxylic acid groups (broad SMARTS) is 1. The fraction of sp³-hybridized carbons (Fsp3) is 0.750. The first kappa shape index (κ1) is 17.7. The van der Waals surface area contributed by atoms with Crippen molar-refractivity contribution in [2.75, 3.05) is 19.7 Å². The third-order valence-electron chi connectivity index (χ3n) is 4.62. The molecule has 3 N–H and O–H groups in total. The Morgan fingerprint density at radius 3 is 2.74 bits per heavy atom. The molecular formula is C16H27N3O4. The lowest BCUT2D eigenvalue weighted by Crippen LogP contribution is -2.58. The monoisotopic (exact) mass is 325 g/mol. The van der Waals surface area contributed by atoms with Gasteiger partial charge in [-0.1, -0.05) is 13.0 Å². The number of carbonyl (C=O) groups excluding carboxylic acids is 1. The molecule has 1 saturated heterocycles. The maximum absolute atomic E-state index is 12.1. The second-order valence-electron chi connectivity index (χ2n) is 6.22. The molecule has 23 heavy (non-hydrogen) atoms. The Hall–Kier alpha value is -1.60. The molecule has 0 bridgehead atoms. The highest BCUT2D eigenvalue weighted by Crippen LogP contribution is 2.25. The minimum absolute atomic E-state index is 0.0312. The number of hydrogen-bond acceptors (Lipinski definition) is 4. The van der Waals surface area contributed by atoms with Crippen LogP contribution in [0, 0.1) is 0 Å². The van der Waals surface area contributed by atoms with E-state index in [1.807, 2.05) is 11.8 Å². The Morgan fingerprint density at radius 2 is 2.13 bits per heavy atom. The second-order valence-corrected chi connectivity index (χ2v) is 6.22. The summed E-state index contributed by atoms with van der Waals surface area (Å²) < 4.78 is 5.56. The molecule has 0 aromatic rings. The number of rotatable bonds is 7. The highest BCUT2D eigenvalue weighted by molar-refractivity contribution is 5.75. The molecule has 0 spiro atoms. The third-order valence-corrected chi connectivity index (χ3v) is 4.62. The molecule has 0 aromatic carbocycles. The second kappa shape index (κ2) is 8.31. The molecule has 7 heteroatoms. The number of hydrogen-bond donors (Lipinski definition) is 3. The van der Waals surface area contributed by atoms with E-state index in [-0.39, 0.29) is 36.8 Å². The van der Waals surface area contributed by atoms with Crippen LogP contribution >= 0.6 is 0 Å². The minimum Gasteiger partial charge on any atom is -0.480 e. The normalized spacial score (nSPS) is 30.3. The Kier molecular flexibility index (Phi) is 6.41. The van der Waals surface area contributed by atoms with Gasteiger partial charge in [0.05, 0.1) is 18.7 Å². The smallest absolute Gasteiger partial charge is 0.317 e. The maximum Gasteiger partial charge on any atom is 0.317 e. The topological polar surface area (TPSA) is 90.9 Å². The molecule has 2 fully saturated rings. The van der Waals surface area contributed by atoms with Crippen molar-refractivity contribution in [2.24, 2.45) is 0 Å². The Morgan fingerprint density at radius 1 is 1.39 bits per heavy atom. The van der Waals surface area contributed by atoms with E-state index in [9.17, 15) is 9.59 Å². The average Bonchev–Trinajstić information content (AvgIpc) is 2.48. The van der Waals surface area contributed by atoms with E-state index in [0.29, 0.717) is 13.2 Å². The van der Waals surface area contributed by atoms with E-state index >= 15 is 0 Å². The molecule has 130 valence electrons. The lowest BCUT2D eigenvalue weighted by atomic mass is 9.85. The average molecular weight is 325 g/mol. The number of carboxylic acids is 1. The zero-order chi connectivity index (χ0) is 16.8. The Bertz CT molecular complexity index is 437. The summed E-state index contributed by atoms with van der Waals surface area (Å²) in [7, 11) is 0. The fourth-order valence-electron chi connectivity index (χ4n) is 3.26. The standard InChI is InChI=1S/C16H27N3O4/c1-3-14-13(6-5-7-23-14)18-16(22)17-11-8-12(9-11)19(4-2)10-15(20)21/h3,11-14H,1,4-10H2,2H3,(H,20,21)(H2,17,18,22)/t11?,12?,13-,14+/m1/s1. The largest absolute Gasteiger partial charge is 0.480 e. The van der Waals surface area contributed by atoms with Gasteiger partial charge < -0.3 is 20.5 Å². The summed E-state index contributed by atoms with van der Waals surface area (Å²) in [6, 6.07) is 0.128. The van der Waals surface area contributed by atoms with Gasteiger partial charge in [-0.15, -0.1) is 6.58 Å². The van der Waals surface area contributed by atoms with Crippen LogP contribution in [-0.4, -0.2) is 65.9 Å². The summed E-state index contributed by atoms with van der Waals surface area (Å²) in [5.74, 6) is -0.811. The first-order valence-electron chi connectivity index (χ1n) is 8.30. The molecule has 0 unspecified atom stereocenters. The number of carbonyl (C=O) groups is 2. The zero-order valence-corrected chi connectivity index (χ0v) is 13.7. The fourth-order valence-corrected chi connectivity index (χ4v) is 3.26. The molecule has 2 rings (SSSR count). The van der Waals surface area contributed by atoms with Crippen LogP contribution in [0.1, 0.15) is 32.6 Å². The lowest BCUT2D eigenvalue weighted by Gasteiger charge is -2.42. The number of likely N-dealkylation sites (N-methyl/N-ethyl adjacent to an activating group) is 1. The molecule has 0 radical (unpaired) electrons. The van der Waals surface area contributed by atoms with Gasteiger partial charge >= 0.3 is 12.0 Å². The molecule has 1 heterocycles. The molecule has 2 atom stereocenters. The molecule has 2 amide bonds. The van der Waals surface area contributed by atoms with E-state index in [4.69, 9.17) is 9.84 Å². The number of urea groups is 1. The van der Waals surface area contributed by atoms with Crippen LogP contribution in [0.3, 0.4) is 0 Å². The van der Waals surface area contributed by atoms with Crippen molar-refractivity contribution >= 4 is 12.0 Å². The number of nitrogens with one attached hydrogen (secondary N) is 2. The van der Waals surface area contributed by atoms with Crippen molar-refractivity contribution in [3.8, 4) is 0 Å². The van der Waals surface area contributed by atoms with Crippen molar-refractivity contribution in [1.29, 1.82) is 0 Å². The quantitative estimate of drug-likeness (QED) is 0.607. The number of nitrogens with zero attached hydrogens (tertiary/aromatic N) is 1. The van der Waals surface area contributed by atoms with Gasteiger partial charge in [0, 0.05) is 18.7 Å². The number of ether oxygens (including phenoxy) is 1. The van der Waals surface area contributed by atoms with Gasteiger partial charge in [0.25, 0.3) is 0 Å². The molecule has 0 aromatic heterocycles. The minimum atomic E-state index is -0.811. The predicted molar refractivity (Wildman–Crippen MR) is 86.3 cm³/mol. The first-order valence-corrected chi connectivity index (χ1v) is 8.30. The summed E-state index contributed by atoms with van der Waals surface area (Å²) in [6.07, 6.45) is 5.01. The van der Waals surface area contributed by atoms with Crippen LogP contribution in [0.15, 0.2) is 12.7 Å². The van der Waals surface area contributed by atoms with Crippen LogP contribution < -0.4 is 10.6 Å². The summed E-state index contributed by atoms with van der Waals surface area (Å²) in [5, 5.41) is 14.8. The van der Waals surface area contributed by atoms with E-state index in [1.54, 1.807) is 6.08 Å². The van der Waals surface area contributed by atoms with Gasteiger partial charge in [0.15, 0.2) is 0 Å². The summed E-state index contributed by atoms with van der Waals surface area (Å²) in [6.45, 7) is 7.16. The van der Waals surface area contributed by atoms with Gasteiger partial charge in [0.1, 0.15) is 0 Å². The highest BCUT2D eigenvalue weighted by atomic mass is 16.5. The van der Waals surface area contributed by atoms with Gasteiger partial charge in [0.2, 0.25) is 0 Å². The van der Waals surface area contributed by atoms with E-state index in [0.717, 1.165) is 25.7 Å². The predicted octanol–water partition coefficient (Wildman–Crippen LogP) is 0.957. The molecule has 1 saturated carbocycles. The van der Waals surface area contributed by atoms with Crippen LogP contribution in [0.5, 0.6) is 0 Å². The van der Waals surface area contributed by atoms with Crippen molar-refractivity contribution < 1.29 is 19.4 Å².